The van der Waals surface area contributed by atoms with Gasteiger partial charge in [0.2, 0.25) is 11.9 Å². The SMILES string of the molecule is O=C(Cc1ccc(-c2ccccc2)cc1)N1CCc2nc(N3CCCCC3)[nH]c(=O)c2C1. The summed E-state index contributed by atoms with van der Waals surface area (Å²) in [5.74, 6) is 0.731. The summed E-state index contributed by atoms with van der Waals surface area (Å²) in [6.45, 7) is 2.81. The molecule has 32 heavy (non-hydrogen) atoms. The molecular weight excluding hydrogens is 400 g/mol. The Morgan fingerprint density at radius 2 is 1.62 bits per heavy atom. The number of aromatic nitrogens is 2. The van der Waals surface area contributed by atoms with Gasteiger partial charge in [0, 0.05) is 26.1 Å². The monoisotopic (exact) mass is 428 g/mol. The minimum Gasteiger partial charge on any atom is -0.342 e. The van der Waals surface area contributed by atoms with Crippen molar-refractivity contribution in [2.75, 3.05) is 24.5 Å². The summed E-state index contributed by atoms with van der Waals surface area (Å²) in [5.41, 5.74) is 4.63. The van der Waals surface area contributed by atoms with E-state index in [1.165, 1.54) is 6.42 Å². The number of hydrogen-bond donors (Lipinski definition) is 1. The third-order valence-corrected chi connectivity index (χ3v) is 6.48. The molecule has 2 aliphatic rings. The van der Waals surface area contributed by atoms with Crippen LogP contribution in [0, 0.1) is 0 Å². The van der Waals surface area contributed by atoms with Crippen LogP contribution in [0.15, 0.2) is 59.4 Å². The summed E-state index contributed by atoms with van der Waals surface area (Å²) in [6, 6.07) is 18.3. The minimum absolute atomic E-state index is 0.0441. The fraction of sp³-hybridized carbons (Fsp3) is 0.346. The first-order valence-electron chi connectivity index (χ1n) is 11.5. The number of H-pyrrole nitrogens is 1. The molecule has 0 unspecified atom stereocenters. The number of aromatic amines is 1. The molecule has 2 aromatic carbocycles. The van der Waals surface area contributed by atoms with Gasteiger partial charge in [-0.2, -0.15) is 0 Å². The van der Waals surface area contributed by atoms with Crippen molar-refractivity contribution in [1.82, 2.24) is 14.9 Å². The molecule has 0 atom stereocenters. The maximum Gasteiger partial charge on any atom is 0.257 e. The maximum absolute atomic E-state index is 12.9. The number of nitrogens with one attached hydrogen (secondary N) is 1. The highest BCUT2D eigenvalue weighted by Crippen LogP contribution is 2.22. The van der Waals surface area contributed by atoms with Crippen molar-refractivity contribution < 1.29 is 4.79 Å². The van der Waals surface area contributed by atoms with E-state index in [2.05, 4.69) is 34.1 Å². The average Bonchev–Trinajstić information content (AvgIpc) is 2.85. The second kappa shape index (κ2) is 8.99. The summed E-state index contributed by atoms with van der Waals surface area (Å²) < 4.78 is 0. The fourth-order valence-corrected chi connectivity index (χ4v) is 4.61. The minimum atomic E-state index is -0.111. The Labute approximate surface area is 187 Å². The van der Waals surface area contributed by atoms with Crippen molar-refractivity contribution >= 4 is 11.9 Å². The normalized spacial score (nSPS) is 16.0. The first-order valence-corrected chi connectivity index (χ1v) is 11.5. The van der Waals surface area contributed by atoms with Gasteiger partial charge in [-0.15, -0.1) is 0 Å². The van der Waals surface area contributed by atoms with E-state index in [-0.39, 0.29) is 11.5 Å². The van der Waals surface area contributed by atoms with Crippen LogP contribution >= 0.6 is 0 Å². The molecule has 2 aliphatic heterocycles. The number of fused-ring (bicyclic) bond motifs is 1. The summed E-state index contributed by atoms with van der Waals surface area (Å²) in [7, 11) is 0. The molecule has 0 radical (unpaired) electrons. The number of carbonyl (C=O) groups is 1. The number of rotatable bonds is 4. The molecule has 0 bridgehead atoms. The van der Waals surface area contributed by atoms with Crippen molar-refractivity contribution in [3.8, 4) is 11.1 Å². The first-order chi connectivity index (χ1) is 15.7. The van der Waals surface area contributed by atoms with Crippen LogP contribution in [0.3, 0.4) is 0 Å². The molecule has 164 valence electrons. The van der Waals surface area contributed by atoms with E-state index in [1.807, 2.05) is 30.3 Å². The van der Waals surface area contributed by atoms with E-state index in [4.69, 9.17) is 4.98 Å². The lowest BCUT2D eigenvalue weighted by Gasteiger charge is -2.31. The Kier molecular flexibility index (Phi) is 5.75. The topological polar surface area (TPSA) is 69.3 Å². The largest absolute Gasteiger partial charge is 0.342 e. The molecule has 6 heteroatoms. The fourth-order valence-electron chi connectivity index (χ4n) is 4.61. The highest BCUT2D eigenvalue weighted by molar-refractivity contribution is 5.79. The lowest BCUT2D eigenvalue weighted by molar-refractivity contribution is -0.131. The predicted octanol–water partition coefficient (Wildman–Crippen LogP) is 3.55. The number of piperidine rings is 1. The number of anilines is 1. The summed E-state index contributed by atoms with van der Waals surface area (Å²) >= 11 is 0. The number of benzene rings is 2. The van der Waals surface area contributed by atoms with Gasteiger partial charge < -0.3 is 9.80 Å². The van der Waals surface area contributed by atoms with Gasteiger partial charge in [0.15, 0.2) is 0 Å². The quantitative estimate of drug-likeness (QED) is 0.690. The molecule has 0 saturated carbocycles. The molecule has 1 fully saturated rings. The third-order valence-electron chi connectivity index (χ3n) is 6.48. The zero-order valence-electron chi connectivity index (χ0n) is 18.2. The molecule has 1 aromatic heterocycles. The van der Waals surface area contributed by atoms with Crippen LogP contribution in [0.2, 0.25) is 0 Å². The van der Waals surface area contributed by atoms with E-state index in [9.17, 15) is 9.59 Å². The maximum atomic E-state index is 12.9. The Hall–Kier alpha value is -3.41. The van der Waals surface area contributed by atoms with Crippen LogP contribution in [0.4, 0.5) is 5.95 Å². The molecule has 1 amide bonds. The molecule has 5 rings (SSSR count). The number of hydrogen-bond acceptors (Lipinski definition) is 4. The highest BCUT2D eigenvalue weighted by Gasteiger charge is 2.25. The summed E-state index contributed by atoms with van der Waals surface area (Å²) in [6.07, 6.45) is 4.46. The number of nitrogens with zero attached hydrogens (tertiary/aromatic N) is 3. The third kappa shape index (κ3) is 4.31. The van der Waals surface area contributed by atoms with Crippen LogP contribution in [-0.4, -0.2) is 40.4 Å². The smallest absolute Gasteiger partial charge is 0.257 e. The van der Waals surface area contributed by atoms with E-state index in [0.29, 0.717) is 37.4 Å². The van der Waals surface area contributed by atoms with Crippen molar-refractivity contribution in [2.24, 2.45) is 0 Å². The average molecular weight is 429 g/mol. The van der Waals surface area contributed by atoms with Gasteiger partial charge in [-0.1, -0.05) is 54.6 Å². The van der Waals surface area contributed by atoms with Crippen molar-refractivity contribution in [3.05, 3.63) is 81.8 Å². The number of amides is 1. The van der Waals surface area contributed by atoms with Gasteiger partial charge in [0.05, 0.1) is 24.2 Å². The van der Waals surface area contributed by atoms with Gasteiger partial charge >= 0.3 is 0 Å². The molecule has 6 nitrogen and oxygen atoms in total. The van der Waals surface area contributed by atoms with Crippen LogP contribution in [0.25, 0.3) is 11.1 Å². The lowest BCUT2D eigenvalue weighted by Crippen LogP contribution is -2.41. The Bertz CT molecular complexity index is 1150. The van der Waals surface area contributed by atoms with E-state index < -0.39 is 0 Å². The molecular formula is C26H28N4O2. The summed E-state index contributed by atoms with van der Waals surface area (Å²) in [4.78, 5) is 37.4. The molecule has 3 aromatic rings. The Balaban J connectivity index is 1.26. The summed E-state index contributed by atoms with van der Waals surface area (Å²) in [5, 5.41) is 0. The molecule has 3 heterocycles. The van der Waals surface area contributed by atoms with Crippen LogP contribution in [0.1, 0.15) is 36.1 Å². The number of carbonyl (C=O) groups excluding carboxylic acids is 1. The molecule has 1 saturated heterocycles. The Morgan fingerprint density at radius 1 is 0.906 bits per heavy atom. The van der Waals surface area contributed by atoms with E-state index in [1.54, 1.807) is 4.90 Å². The molecule has 1 N–H and O–H groups in total. The second-order valence-corrected chi connectivity index (χ2v) is 8.67. The van der Waals surface area contributed by atoms with Gasteiger partial charge in [-0.05, 0) is 36.0 Å². The van der Waals surface area contributed by atoms with Gasteiger partial charge in [0.25, 0.3) is 5.56 Å². The standard InChI is InChI=1S/C26H28N4O2/c31-24(17-19-9-11-21(12-10-19)20-7-3-1-4-8-20)30-16-13-23-22(18-30)25(32)28-26(27-23)29-14-5-2-6-15-29/h1,3-4,7-12H,2,5-6,13-18H2,(H,27,28,32). The van der Waals surface area contributed by atoms with E-state index in [0.717, 1.165) is 48.3 Å². The first kappa shape index (κ1) is 20.5. The molecule has 0 aliphatic carbocycles. The zero-order valence-corrected chi connectivity index (χ0v) is 18.2. The second-order valence-electron chi connectivity index (χ2n) is 8.67. The van der Waals surface area contributed by atoms with Crippen LogP contribution < -0.4 is 10.5 Å². The van der Waals surface area contributed by atoms with Crippen LogP contribution in [0.5, 0.6) is 0 Å². The van der Waals surface area contributed by atoms with Crippen molar-refractivity contribution in [3.63, 3.8) is 0 Å². The van der Waals surface area contributed by atoms with E-state index >= 15 is 0 Å². The molecule has 0 spiro atoms. The Morgan fingerprint density at radius 3 is 2.38 bits per heavy atom. The van der Waals surface area contributed by atoms with Crippen molar-refractivity contribution in [1.29, 1.82) is 0 Å². The van der Waals surface area contributed by atoms with Gasteiger partial charge in [0.1, 0.15) is 0 Å². The lowest BCUT2D eigenvalue weighted by atomic mass is 10.0. The zero-order chi connectivity index (χ0) is 21.9. The van der Waals surface area contributed by atoms with Gasteiger partial charge in [-0.3, -0.25) is 14.6 Å². The predicted molar refractivity (Wildman–Crippen MR) is 126 cm³/mol. The van der Waals surface area contributed by atoms with Gasteiger partial charge in [-0.25, -0.2) is 4.98 Å². The highest BCUT2D eigenvalue weighted by atomic mass is 16.2. The van der Waals surface area contributed by atoms with Crippen LogP contribution in [-0.2, 0) is 24.2 Å². The van der Waals surface area contributed by atoms with Crippen molar-refractivity contribution in [2.45, 2.75) is 38.6 Å².